The number of likely N-dealkylation sites (N-methyl/N-ethyl adjacent to an activating group) is 1. The first-order valence-electron chi connectivity index (χ1n) is 8.90. The summed E-state index contributed by atoms with van der Waals surface area (Å²) in [6.07, 6.45) is 3.75. The smallest absolute Gasteiger partial charge is 0.253 e. The van der Waals surface area contributed by atoms with Crippen LogP contribution >= 0.6 is 0 Å². The van der Waals surface area contributed by atoms with Crippen molar-refractivity contribution in [1.29, 1.82) is 0 Å². The number of carbonyl (C=O) groups excluding carboxylic acids is 1. The molecule has 0 saturated carbocycles. The number of nitrogens with zero attached hydrogens (tertiary/aromatic N) is 2. The Balaban J connectivity index is 2.02. The Morgan fingerprint density at radius 1 is 1.42 bits per heavy atom. The van der Waals surface area contributed by atoms with Crippen molar-refractivity contribution in [2.45, 2.75) is 45.6 Å². The van der Waals surface area contributed by atoms with Crippen molar-refractivity contribution in [2.75, 3.05) is 20.1 Å². The Bertz CT molecular complexity index is 754. The van der Waals surface area contributed by atoms with Crippen LogP contribution in [0.2, 0.25) is 0 Å². The van der Waals surface area contributed by atoms with Gasteiger partial charge in [0.2, 0.25) is 0 Å². The molecule has 1 saturated heterocycles. The lowest BCUT2D eigenvalue weighted by molar-refractivity contribution is 0.0940. The summed E-state index contributed by atoms with van der Waals surface area (Å²) in [4.78, 5) is 19.7. The zero-order valence-electron chi connectivity index (χ0n) is 15.1. The highest BCUT2D eigenvalue weighted by Crippen LogP contribution is 2.28. The number of benzene rings is 1. The standard InChI is InChI=1S/C20H27N3O/c1-5-14-10-17-16(13(2)3)6-8-21-19(17)18(11-14)20(24)22-15-7-9-23(4)12-15/h6,8,10-11,13,15H,5,7,9,12H2,1-4H3,(H,22,24). The molecule has 1 N–H and O–H groups in total. The lowest BCUT2D eigenvalue weighted by atomic mass is 9.94. The Kier molecular flexibility index (Phi) is 4.86. The Morgan fingerprint density at radius 2 is 2.21 bits per heavy atom. The summed E-state index contributed by atoms with van der Waals surface area (Å²) in [6.45, 7) is 8.45. The molecule has 24 heavy (non-hydrogen) atoms. The molecule has 4 heteroatoms. The molecule has 1 unspecified atom stereocenters. The Morgan fingerprint density at radius 3 is 2.83 bits per heavy atom. The zero-order chi connectivity index (χ0) is 17.3. The fourth-order valence-corrected chi connectivity index (χ4v) is 3.53. The van der Waals surface area contributed by atoms with E-state index in [9.17, 15) is 4.79 Å². The molecule has 4 nitrogen and oxygen atoms in total. The van der Waals surface area contributed by atoms with Gasteiger partial charge in [-0.1, -0.05) is 20.8 Å². The number of hydrogen-bond donors (Lipinski definition) is 1. The summed E-state index contributed by atoms with van der Waals surface area (Å²) in [7, 11) is 2.09. The second-order valence-electron chi connectivity index (χ2n) is 7.17. The van der Waals surface area contributed by atoms with E-state index in [1.54, 1.807) is 0 Å². The van der Waals surface area contributed by atoms with Gasteiger partial charge in [-0.3, -0.25) is 9.78 Å². The highest BCUT2D eigenvalue weighted by atomic mass is 16.1. The number of aryl methyl sites for hydroxylation is 1. The van der Waals surface area contributed by atoms with Gasteiger partial charge >= 0.3 is 0 Å². The van der Waals surface area contributed by atoms with Crippen LogP contribution in [0.25, 0.3) is 10.9 Å². The van der Waals surface area contributed by atoms with Gasteiger partial charge in [0, 0.05) is 24.2 Å². The van der Waals surface area contributed by atoms with Crippen LogP contribution in [-0.4, -0.2) is 42.0 Å². The second kappa shape index (κ2) is 6.89. The van der Waals surface area contributed by atoms with Crippen LogP contribution < -0.4 is 5.32 Å². The fourth-order valence-electron chi connectivity index (χ4n) is 3.53. The molecule has 2 heterocycles. The van der Waals surface area contributed by atoms with Crippen molar-refractivity contribution in [2.24, 2.45) is 0 Å². The molecule has 1 amide bonds. The van der Waals surface area contributed by atoms with Crippen molar-refractivity contribution in [3.05, 3.63) is 41.1 Å². The molecule has 1 aliphatic rings. The molecular weight excluding hydrogens is 298 g/mol. The van der Waals surface area contributed by atoms with E-state index >= 15 is 0 Å². The highest BCUT2D eigenvalue weighted by Gasteiger charge is 2.23. The molecule has 0 radical (unpaired) electrons. The summed E-state index contributed by atoms with van der Waals surface area (Å²) in [5.41, 5.74) is 3.97. The van der Waals surface area contributed by atoms with Crippen LogP contribution in [0.1, 0.15) is 54.6 Å². The first-order valence-corrected chi connectivity index (χ1v) is 8.90. The zero-order valence-corrected chi connectivity index (χ0v) is 15.1. The minimum atomic E-state index is 0.00371. The lowest BCUT2D eigenvalue weighted by Crippen LogP contribution is -2.36. The van der Waals surface area contributed by atoms with Gasteiger partial charge < -0.3 is 10.2 Å². The molecule has 3 rings (SSSR count). The van der Waals surface area contributed by atoms with Gasteiger partial charge in [-0.05, 0) is 61.7 Å². The average molecular weight is 325 g/mol. The molecule has 2 aromatic rings. The first kappa shape index (κ1) is 16.9. The second-order valence-corrected chi connectivity index (χ2v) is 7.17. The van der Waals surface area contributed by atoms with Crippen LogP contribution in [0.5, 0.6) is 0 Å². The van der Waals surface area contributed by atoms with E-state index in [2.05, 4.69) is 55.2 Å². The van der Waals surface area contributed by atoms with Crippen LogP contribution in [0.3, 0.4) is 0 Å². The third-order valence-electron chi connectivity index (χ3n) is 4.94. The van der Waals surface area contributed by atoms with E-state index in [0.29, 0.717) is 11.5 Å². The highest BCUT2D eigenvalue weighted by molar-refractivity contribution is 6.06. The van der Waals surface area contributed by atoms with Gasteiger partial charge in [0.25, 0.3) is 5.91 Å². The molecular formula is C20H27N3O. The number of amides is 1. The van der Waals surface area contributed by atoms with Gasteiger partial charge in [0.15, 0.2) is 0 Å². The SMILES string of the molecule is CCc1cc(C(=O)NC2CCN(C)C2)c2nccc(C(C)C)c2c1. The van der Waals surface area contributed by atoms with Crippen molar-refractivity contribution >= 4 is 16.8 Å². The number of aromatic nitrogens is 1. The summed E-state index contributed by atoms with van der Waals surface area (Å²) in [6, 6.07) is 6.50. The average Bonchev–Trinajstić information content (AvgIpc) is 2.97. The normalized spacial score (nSPS) is 18.5. The molecule has 0 bridgehead atoms. The van der Waals surface area contributed by atoms with E-state index in [1.165, 1.54) is 11.1 Å². The van der Waals surface area contributed by atoms with E-state index in [4.69, 9.17) is 0 Å². The van der Waals surface area contributed by atoms with E-state index in [-0.39, 0.29) is 11.9 Å². The van der Waals surface area contributed by atoms with Gasteiger partial charge in [-0.2, -0.15) is 0 Å². The largest absolute Gasteiger partial charge is 0.348 e. The number of rotatable bonds is 4. The molecule has 1 fully saturated rings. The van der Waals surface area contributed by atoms with Crippen molar-refractivity contribution < 1.29 is 4.79 Å². The van der Waals surface area contributed by atoms with E-state index in [0.717, 1.165) is 36.8 Å². The summed E-state index contributed by atoms with van der Waals surface area (Å²) in [5.74, 6) is 0.408. The summed E-state index contributed by atoms with van der Waals surface area (Å²) in [5, 5.41) is 4.31. The van der Waals surface area contributed by atoms with Crippen LogP contribution in [0, 0.1) is 0 Å². The van der Waals surface area contributed by atoms with Crippen molar-refractivity contribution in [3.8, 4) is 0 Å². The predicted octanol–water partition coefficient (Wildman–Crippen LogP) is 3.35. The maximum atomic E-state index is 12.9. The molecule has 1 aliphatic heterocycles. The Hall–Kier alpha value is -1.94. The lowest BCUT2D eigenvalue weighted by Gasteiger charge is -2.16. The van der Waals surface area contributed by atoms with Gasteiger partial charge in [-0.25, -0.2) is 0 Å². The molecule has 1 atom stereocenters. The topological polar surface area (TPSA) is 45.2 Å². The Labute approximate surface area is 144 Å². The van der Waals surface area contributed by atoms with Gasteiger partial charge in [-0.15, -0.1) is 0 Å². The van der Waals surface area contributed by atoms with Crippen LogP contribution in [0.15, 0.2) is 24.4 Å². The fraction of sp³-hybridized carbons (Fsp3) is 0.500. The molecule has 1 aromatic carbocycles. The first-order chi connectivity index (χ1) is 11.5. The third-order valence-corrected chi connectivity index (χ3v) is 4.94. The number of hydrogen-bond acceptors (Lipinski definition) is 3. The minimum absolute atomic E-state index is 0.00371. The summed E-state index contributed by atoms with van der Waals surface area (Å²) >= 11 is 0. The van der Waals surface area contributed by atoms with Crippen LogP contribution in [0.4, 0.5) is 0 Å². The molecule has 128 valence electrons. The minimum Gasteiger partial charge on any atom is -0.348 e. The maximum Gasteiger partial charge on any atom is 0.253 e. The van der Waals surface area contributed by atoms with Crippen molar-refractivity contribution in [1.82, 2.24) is 15.2 Å². The molecule has 0 aliphatic carbocycles. The molecule has 1 aromatic heterocycles. The monoisotopic (exact) mass is 325 g/mol. The molecule has 0 spiro atoms. The number of pyridine rings is 1. The van der Waals surface area contributed by atoms with Crippen molar-refractivity contribution in [3.63, 3.8) is 0 Å². The van der Waals surface area contributed by atoms with E-state index in [1.807, 2.05) is 12.3 Å². The third kappa shape index (κ3) is 3.29. The number of likely N-dealkylation sites (tertiary alicyclic amines) is 1. The number of carbonyl (C=O) groups is 1. The summed E-state index contributed by atoms with van der Waals surface area (Å²) < 4.78 is 0. The van der Waals surface area contributed by atoms with Gasteiger partial charge in [0.1, 0.15) is 0 Å². The van der Waals surface area contributed by atoms with Crippen LogP contribution in [-0.2, 0) is 6.42 Å². The predicted molar refractivity (Wildman–Crippen MR) is 98.6 cm³/mol. The van der Waals surface area contributed by atoms with Gasteiger partial charge in [0.05, 0.1) is 11.1 Å². The maximum absolute atomic E-state index is 12.9. The number of nitrogens with one attached hydrogen (secondary N) is 1. The number of fused-ring (bicyclic) bond motifs is 1. The van der Waals surface area contributed by atoms with E-state index < -0.39 is 0 Å². The quantitative estimate of drug-likeness (QED) is 0.937.